The number of anilines is 10. The number of nitrogens with zero attached hydrogens (tertiary/aromatic N) is 5. The van der Waals surface area contributed by atoms with Crippen molar-refractivity contribution in [3.05, 3.63) is 358 Å². The number of hydrogen-bond acceptors (Lipinski definition) is 20. The van der Waals surface area contributed by atoms with E-state index in [0.29, 0.717) is 81.1 Å². The quantitative estimate of drug-likeness (QED) is 0.0204. The first kappa shape index (κ1) is 97.9. The Morgan fingerprint density at radius 2 is 0.632 bits per heavy atom. The van der Waals surface area contributed by atoms with Crippen LogP contribution in [0.1, 0.15) is 112 Å². The van der Waals surface area contributed by atoms with Crippen molar-refractivity contribution in [2.24, 2.45) is 0 Å². The second-order valence-corrected chi connectivity index (χ2v) is 30.4. The molecule has 0 unspecified atom stereocenters. The SMILES string of the molecule is CCOc1cccc(-c2cc(F)c(Nc3ncc(C)cc3C(=O)O)c(F)c2)c1.CCOc1cccc(-c2cc(F)c(Nc3ncccc3C(=O)O)cc2C)c1.COc1cccc(-c2cc(F)c(Nc3ncc(C)cc3C(=O)O)c(F)c2)c1.COc1cccc(-c2cc(F)c(Nc3ncccc3C(=O)O)cc2C)c1.COc1cccc(-c2ccc(Nc3ncc(C4CC4)cc3C(=O)O)c(F)c2)c1. The van der Waals surface area contributed by atoms with Crippen LogP contribution in [-0.2, 0) is 0 Å². The van der Waals surface area contributed by atoms with E-state index in [-0.39, 0.29) is 74.0 Å². The van der Waals surface area contributed by atoms with Gasteiger partial charge in [0.05, 0.1) is 51.6 Å². The van der Waals surface area contributed by atoms with Crippen LogP contribution in [0, 0.1) is 68.4 Å². The zero-order valence-electron chi connectivity index (χ0n) is 74.4. The number of aromatic nitrogens is 5. The lowest BCUT2D eigenvalue weighted by Crippen LogP contribution is -2.07. The number of aromatic carboxylic acids is 5. The molecule has 1 aliphatic rings. The number of benzene rings is 10. The summed E-state index contributed by atoms with van der Waals surface area (Å²) >= 11 is 0. The van der Waals surface area contributed by atoms with Gasteiger partial charge in [-0.15, -0.1) is 0 Å². The lowest BCUT2D eigenvalue weighted by Gasteiger charge is -2.14. The van der Waals surface area contributed by atoms with E-state index in [2.05, 4.69) is 51.5 Å². The van der Waals surface area contributed by atoms with Crippen molar-refractivity contribution in [1.82, 2.24) is 24.9 Å². The second kappa shape index (κ2) is 45.1. The molecule has 1 saturated carbocycles. The number of carboxylic acids is 5. The molecule has 0 radical (unpaired) electrons. The monoisotopic (exact) mass is 1850 g/mol. The van der Waals surface area contributed by atoms with Gasteiger partial charge in [0.15, 0.2) is 0 Å². The third-order valence-electron chi connectivity index (χ3n) is 20.8. The summed E-state index contributed by atoms with van der Waals surface area (Å²) in [6.45, 7) is 11.8. The lowest BCUT2D eigenvalue weighted by atomic mass is 9.99. The third kappa shape index (κ3) is 25.1. The largest absolute Gasteiger partial charge is 0.497 e. The summed E-state index contributed by atoms with van der Waals surface area (Å²) in [5.74, 6) is -7.15. The average molecular weight is 1850 g/mol. The van der Waals surface area contributed by atoms with Crippen molar-refractivity contribution in [2.75, 3.05) is 61.1 Å². The number of carbonyl (C=O) groups is 5. The van der Waals surface area contributed by atoms with Gasteiger partial charge < -0.3 is 75.8 Å². The van der Waals surface area contributed by atoms with Gasteiger partial charge >= 0.3 is 29.8 Å². The fraction of sp³-hybridized carbons (Fsp3) is 0.135. The molecule has 0 amide bonds. The maximum Gasteiger partial charge on any atom is 0.339 e. The van der Waals surface area contributed by atoms with Gasteiger partial charge in [-0.05, 0) is 308 Å². The van der Waals surface area contributed by atoms with E-state index < -0.39 is 81.9 Å². The van der Waals surface area contributed by atoms with E-state index in [0.717, 1.165) is 75.2 Å². The smallest absolute Gasteiger partial charge is 0.339 e. The minimum absolute atomic E-state index is 0.0250. The van der Waals surface area contributed by atoms with E-state index in [9.17, 15) is 80.2 Å². The maximum absolute atomic E-state index is 14.7. The summed E-state index contributed by atoms with van der Waals surface area (Å²) in [5.41, 5.74) is 9.49. The van der Waals surface area contributed by atoms with Crippen molar-refractivity contribution in [3.8, 4) is 84.4 Å². The van der Waals surface area contributed by atoms with E-state index >= 15 is 0 Å². The molecular formula is C104H89F7N10O15. The number of nitrogens with one attached hydrogen (secondary N) is 5. The number of methoxy groups -OCH3 is 3. The minimum Gasteiger partial charge on any atom is -0.497 e. The zero-order chi connectivity index (χ0) is 97.6. The van der Waals surface area contributed by atoms with Gasteiger partial charge in [0, 0.05) is 31.0 Å². The maximum atomic E-state index is 14.7. The predicted molar refractivity (Wildman–Crippen MR) is 504 cm³/mol. The number of carboxylic acid groups (broad SMARTS) is 5. The molecule has 1 fully saturated rings. The summed E-state index contributed by atoms with van der Waals surface area (Å²) < 4.78 is 129. The van der Waals surface area contributed by atoms with E-state index in [4.69, 9.17) is 23.7 Å². The number of pyridine rings is 5. The topological polar surface area (TPSA) is 357 Å². The predicted octanol–water partition coefficient (Wildman–Crippen LogP) is 24.9. The summed E-state index contributed by atoms with van der Waals surface area (Å²) in [6, 6.07) is 61.6. The van der Waals surface area contributed by atoms with Crippen LogP contribution in [0.5, 0.6) is 28.7 Å². The molecule has 10 N–H and O–H groups in total. The van der Waals surface area contributed by atoms with Crippen LogP contribution >= 0.6 is 0 Å². The van der Waals surface area contributed by atoms with Crippen LogP contribution in [0.2, 0.25) is 0 Å². The highest BCUT2D eigenvalue weighted by molar-refractivity contribution is 5.98. The summed E-state index contributed by atoms with van der Waals surface area (Å²) in [7, 11) is 4.66. The molecular weight excluding hydrogens is 1760 g/mol. The fourth-order valence-corrected chi connectivity index (χ4v) is 14.0. The number of halogens is 7. The van der Waals surface area contributed by atoms with Gasteiger partial charge in [-0.1, -0.05) is 66.7 Å². The van der Waals surface area contributed by atoms with Crippen molar-refractivity contribution < 1.29 is 104 Å². The summed E-state index contributed by atoms with van der Waals surface area (Å²) in [6.07, 6.45) is 9.49. The first-order valence-corrected chi connectivity index (χ1v) is 41.9. The molecule has 0 atom stereocenters. The highest BCUT2D eigenvalue weighted by Crippen LogP contribution is 2.43. The molecule has 0 aliphatic heterocycles. The lowest BCUT2D eigenvalue weighted by molar-refractivity contribution is 0.0686. The minimum atomic E-state index is -1.25. The van der Waals surface area contributed by atoms with E-state index in [1.807, 2.05) is 100 Å². The molecule has 0 saturated heterocycles. The van der Waals surface area contributed by atoms with Crippen molar-refractivity contribution in [2.45, 2.75) is 60.3 Å². The van der Waals surface area contributed by atoms with Crippen molar-refractivity contribution in [1.29, 1.82) is 0 Å². The molecule has 136 heavy (non-hydrogen) atoms. The molecule has 5 aromatic heterocycles. The Balaban J connectivity index is 0.000000153. The standard InChI is InChI=1S/C22H19FN2O3.C21H18F2N2O3.C21H19FN2O3.C20H16F2N2O3.C20H17FN2O3/c1-28-17-4-2-3-14(9-17)15-7-8-20(19(23)11-15)25-21-18(22(26)27)10-16(12-24-21)13-5-6-13;1-3-28-15-6-4-5-13(8-15)14-9-17(22)19(18(23)10-14)25-20-16(21(26)27)7-12(2)11-24-20;1-3-27-15-7-4-6-14(11-15)17-12-18(22)19(10-13(17)2)24-20-16(21(25)26)8-5-9-23-20;1-11-6-15(20(25)26)19(23-10-11)24-18-16(21)8-13(9-17(18)22)12-4-3-5-14(7-12)27-2;1-12-9-18(23-19-15(20(24)25)7-4-8-22-19)17(21)11-16(12)13-5-3-6-14(10-13)26-2/h2-4,7-13H,5-6H2,1H3,(H,24,25)(H,26,27);4-11H,3H2,1-2H3,(H,24,25)(H,26,27);4-12H,3H2,1-2H3,(H,23,24)(H,25,26);3-10H,1-2H3,(H,23,24)(H,25,26);3-11H,1-2H3,(H,22,23)(H,24,25). The van der Waals surface area contributed by atoms with Gasteiger partial charge in [0.25, 0.3) is 0 Å². The van der Waals surface area contributed by atoms with Crippen molar-refractivity contribution >= 4 is 87.4 Å². The van der Waals surface area contributed by atoms with Crippen LogP contribution in [0.25, 0.3) is 55.6 Å². The molecule has 694 valence electrons. The summed E-state index contributed by atoms with van der Waals surface area (Å²) in [4.78, 5) is 77.0. The Morgan fingerprint density at radius 3 is 1.01 bits per heavy atom. The number of aryl methyl sites for hydroxylation is 4. The van der Waals surface area contributed by atoms with Crippen LogP contribution in [-0.4, -0.2) is 115 Å². The van der Waals surface area contributed by atoms with Crippen molar-refractivity contribution in [3.63, 3.8) is 0 Å². The second-order valence-electron chi connectivity index (χ2n) is 30.4. The Bertz CT molecular complexity index is 6920. The Labute approximate surface area is 776 Å². The molecule has 1 aliphatic carbocycles. The number of hydrogen-bond donors (Lipinski definition) is 10. The van der Waals surface area contributed by atoms with Crippen LogP contribution in [0.3, 0.4) is 0 Å². The number of ether oxygens (including phenoxy) is 5. The van der Waals surface area contributed by atoms with Gasteiger partial charge in [0.2, 0.25) is 0 Å². The van der Waals surface area contributed by atoms with E-state index in [1.165, 1.54) is 98.6 Å². The van der Waals surface area contributed by atoms with Crippen LogP contribution in [0.15, 0.2) is 262 Å². The molecule has 5 heterocycles. The molecule has 16 rings (SSSR count). The molecule has 0 bridgehead atoms. The van der Waals surface area contributed by atoms with Gasteiger partial charge in [-0.25, -0.2) is 79.6 Å². The molecule has 10 aromatic carbocycles. The Kier molecular flexibility index (Phi) is 32.4. The first-order chi connectivity index (χ1) is 65.3. The van der Waals surface area contributed by atoms with Crippen LogP contribution in [0.4, 0.5) is 88.3 Å². The Morgan fingerprint density at radius 1 is 0.316 bits per heavy atom. The summed E-state index contributed by atoms with van der Waals surface area (Å²) in [5, 5.41) is 59.8. The Hall–Kier alpha value is -17.2. The zero-order valence-corrected chi connectivity index (χ0v) is 74.4. The van der Waals surface area contributed by atoms with Gasteiger partial charge in [-0.3, -0.25) is 0 Å². The first-order valence-electron chi connectivity index (χ1n) is 41.9. The van der Waals surface area contributed by atoms with Crippen LogP contribution < -0.4 is 50.3 Å². The highest BCUT2D eigenvalue weighted by atomic mass is 19.2. The molecule has 32 heteroatoms. The molecule has 15 aromatic rings. The fourth-order valence-electron chi connectivity index (χ4n) is 14.0. The normalized spacial score (nSPS) is 11.1. The van der Waals surface area contributed by atoms with E-state index in [1.54, 1.807) is 113 Å². The number of rotatable bonds is 28. The molecule has 25 nitrogen and oxygen atoms in total. The molecule has 0 spiro atoms. The van der Waals surface area contributed by atoms with Gasteiger partial charge in [0.1, 0.15) is 138 Å². The highest BCUT2D eigenvalue weighted by Gasteiger charge is 2.28. The van der Waals surface area contributed by atoms with Gasteiger partial charge in [-0.2, -0.15) is 0 Å². The third-order valence-corrected chi connectivity index (χ3v) is 20.8. The average Bonchev–Trinajstić information content (AvgIpc) is 0.891.